The molecule has 0 bridgehead atoms. The van der Waals surface area contributed by atoms with E-state index in [1.165, 1.54) is 6.07 Å². The summed E-state index contributed by atoms with van der Waals surface area (Å²) < 4.78 is 32.4. The molecule has 0 unspecified atom stereocenters. The molecule has 0 atom stereocenters. The maximum Gasteiger partial charge on any atom is 0.158 e. The Morgan fingerprint density at radius 2 is 2.11 bits per heavy atom. The summed E-state index contributed by atoms with van der Waals surface area (Å²) in [7, 11) is 0. The van der Waals surface area contributed by atoms with Gasteiger partial charge < -0.3 is 10.2 Å². The smallest absolute Gasteiger partial charge is 0.158 e. The summed E-state index contributed by atoms with van der Waals surface area (Å²) in [6, 6.07) is 2.77. The zero-order valence-corrected chi connectivity index (χ0v) is 9.97. The average Bonchev–Trinajstić information content (AvgIpc) is 2.32. The van der Waals surface area contributed by atoms with Crippen molar-refractivity contribution >= 4 is 5.69 Å². The Kier molecular flexibility index (Phi) is 3.62. The van der Waals surface area contributed by atoms with E-state index in [4.69, 9.17) is 10.6 Å². The van der Waals surface area contributed by atoms with Crippen LogP contribution in [0.5, 0.6) is 5.75 Å². The molecule has 3 N–H and O–H groups in total. The number of nitrogen functional groups attached to an aromatic ring is 1. The molecule has 1 aromatic carbocycles. The van der Waals surface area contributed by atoms with Crippen LogP contribution in [0.2, 0.25) is 0 Å². The number of allylic oxidation sites excluding steroid dienone is 3. The van der Waals surface area contributed by atoms with Crippen LogP contribution in [0.1, 0.15) is 18.4 Å². The average molecular weight is 252 g/mol. The molecule has 18 heavy (non-hydrogen) atoms. The van der Waals surface area contributed by atoms with E-state index in [0.717, 1.165) is 0 Å². The molecule has 1 aliphatic carbocycles. The van der Waals surface area contributed by atoms with Crippen molar-refractivity contribution < 1.29 is 13.5 Å². The van der Waals surface area contributed by atoms with Crippen LogP contribution in [0.15, 0.2) is 35.9 Å². The van der Waals surface area contributed by atoms with Gasteiger partial charge in [-0.3, -0.25) is 5.84 Å². The lowest BCUT2D eigenvalue weighted by Crippen LogP contribution is -2.10. The predicted molar refractivity (Wildman–Crippen MR) is 66.1 cm³/mol. The minimum absolute atomic E-state index is 0.133. The number of rotatable bonds is 3. The van der Waals surface area contributed by atoms with E-state index < -0.39 is 5.82 Å². The fourth-order valence-electron chi connectivity index (χ4n) is 1.78. The van der Waals surface area contributed by atoms with Gasteiger partial charge in [0.1, 0.15) is 11.6 Å². The molecule has 0 fully saturated rings. The van der Waals surface area contributed by atoms with Crippen molar-refractivity contribution in [3.8, 4) is 5.75 Å². The molecular formula is C13H14F2N2O. The summed E-state index contributed by atoms with van der Waals surface area (Å²) >= 11 is 0. The van der Waals surface area contributed by atoms with Gasteiger partial charge in [-0.25, -0.2) is 8.78 Å². The van der Waals surface area contributed by atoms with Crippen molar-refractivity contribution in [1.82, 2.24) is 0 Å². The molecule has 2 rings (SSSR count). The Bertz CT molecular complexity index is 501. The van der Waals surface area contributed by atoms with Gasteiger partial charge in [-0.2, -0.15) is 0 Å². The van der Waals surface area contributed by atoms with E-state index >= 15 is 0 Å². The first-order valence-electron chi connectivity index (χ1n) is 5.61. The summed E-state index contributed by atoms with van der Waals surface area (Å²) in [4.78, 5) is 0. The zero-order chi connectivity index (χ0) is 13.1. The molecule has 0 spiro atoms. The van der Waals surface area contributed by atoms with Gasteiger partial charge in [0.05, 0.1) is 5.69 Å². The van der Waals surface area contributed by atoms with Crippen LogP contribution < -0.4 is 16.0 Å². The van der Waals surface area contributed by atoms with Gasteiger partial charge in [0.25, 0.3) is 0 Å². The van der Waals surface area contributed by atoms with Crippen LogP contribution in [-0.2, 0) is 0 Å². The van der Waals surface area contributed by atoms with Crippen LogP contribution in [0.3, 0.4) is 0 Å². The summed E-state index contributed by atoms with van der Waals surface area (Å²) in [6.07, 6.45) is 4.34. The van der Waals surface area contributed by atoms with Crippen molar-refractivity contribution in [2.75, 3.05) is 5.43 Å². The molecule has 0 amide bonds. The zero-order valence-electron chi connectivity index (χ0n) is 9.97. The quantitative estimate of drug-likeness (QED) is 0.640. The number of halogens is 2. The first-order chi connectivity index (χ1) is 8.61. The van der Waals surface area contributed by atoms with Crippen molar-refractivity contribution in [1.29, 1.82) is 0 Å². The minimum Gasteiger partial charge on any atom is -0.455 e. The third kappa shape index (κ3) is 2.51. The van der Waals surface area contributed by atoms with Gasteiger partial charge in [-0.1, -0.05) is 6.08 Å². The van der Waals surface area contributed by atoms with E-state index in [2.05, 4.69) is 5.43 Å². The number of hydrogen-bond donors (Lipinski definition) is 2. The molecule has 0 saturated heterocycles. The van der Waals surface area contributed by atoms with Crippen LogP contribution in [0.25, 0.3) is 0 Å². The first kappa shape index (κ1) is 12.6. The van der Waals surface area contributed by atoms with Gasteiger partial charge in [0.2, 0.25) is 0 Å². The van der Waals surface area contributed by atoms with Crippen LogP contribution >= 0.6 is 0 Å². The standard InChI is InChI=1S/C13H14F2N2O/c1-8-6-9(7-11(15)13(8)17-16)18-12-5-3-2-4-10(12)14/h3,5-7,17H,2,4,16H2,1H3. The Hall–Kier alpha value is -1.88. The van der Waals surface area contributed by atoms with E-state index in [0.29, 0.717) is 18.4 Å². The number of anilines is 1. The van der Waals surface area contributed by atoms with Gasteiger partial charge in [0.15, 0.2) is 11.6 Å². The Balaban J connectivity index is 2.28. The third-order valence-electron chi connectivity index (χ3n) is 2.70. The highest BCUT2D eigenvalue weighted by molar-refractivity contribution is 5.54. The van der Waals surface area contributed by atoms with Crippen molar-refractivity contribution in [3.63, 3.8) is 0 Å². The molecule has 0 radical (unpaired) electrons. The summed E-state index contributed by atoms with van der Waals surface area (Å²) in [5.74, 6) is 4.72. The number of aryl methyl sites for hydroxylation is 1. The minimum atomic E-state index is -0.534. The number of nitrogens with two attached hydrogens (primary N) is 1. The molecule has 1 aromatic rings. The molecule has 0 saturated carbocycles. The van der Waals surface area contributed by atoms with Gasteiger partial charge in [0, 0.05) is 12.5 Å². The number of hydrazine groups is 1. The lowest BCUT2D eigenvalue weighted by Gasteiger charge is -2.13. The molecule has 3 nitrogen and oxygen atoms in total. The van der Waals surface area contributed by atoms with Crippen LogP contribution in [-0.4, -0.2) is 0 Å². The number of ether oxygens (including phenoxy) is 1. The van der Waals surface area contributed by atoms with Gasteiger partial charge >= 0.3 is 0 Å². The largest absolute Gasteiger partial charge is 0.455 e. The number of benzene rings is 1. The summed E-state index contributed by atoms with van der Waals surface area (Å²) in [6.45, 7) is 1.69. The maximum absolute atomic E-state index is 13.6. The van der Waals surface area contributed by atoms with Crippen LogP contribution in [0.4, 0.5) is 14.5 Å². The third-order valence-corrected chi connectivity index (χ3v) is 2.70. The highest BCUT2D eigenvalue weighted by Crippen LogP contribution is 2.28. The monoisotopic (exact) mass is 252 g/mol. The fraction of sp³-hybridized carbons (Fsp3) is 0.231. The lowest BCUT2D eigenvalue weighted by atomic mass is 10.1. The number of hydrogen-bond acceptors (Lipinski definition) is 3. The fourth-order valence-corrected chi connectivity index (χ4v) is 1.78. The van der Waals surface area contributed by atoms with E-state index in [-0.39, 0.29) is 23.0 Å². The normalized spacial score (nSPS) is 14.9. The van der Waals surface area contributed by atoms with E-state index in [1.54, 1.807) is 19.1 Å². The molecule has 0 aliphatic heterocycles. The van der Waals surface area contributed by atoms with Crippen molar-refractivity contribution in [2.24, 2.45) is 5.84 Å². The molecule has 5 heteroatoms. The first-order valence-corrected chi connectivity index (χ1v) is 5.61. The molecule has 0 aromatic heterocycles. The highest BCUT2D eigenvalue weighted by Gasteiger charge is 2.13. The summed E-state index contributed by atoms with van der Waals surface area (Å²) in [5.41, 5.74) is 3.07. The molecular weight excluding hydrogens is 238 g/mol. The molecule has 0 heterocycles. The second kappa shape index (κ2) is 5.18. The summed E-state index contributed by atoms with van der Waals surface area (Å²) in [5, 5.41) is 0. The van der Waals surface area contributed by atoms with E-state index in [1.807, 2.05) is 6.08 Å². The van der Waals surface area contributed by atoms with Gasteiger partial charge in [-0.05, 0) is 31.1 Å². The number of nitrogens with one attached hydrogen (secondary N) is 1. The predicted octanol–water partition coefficient (Wildman–Crippen LogP) is 3.33. The SMILES string of the molecule is Cc1cc(OC2=C(F)CCC=C2)cc(F)c1NN. The van der Waals surface area contributed by atoms with Gasteiger partial charge in [-0.15, -0.1) is 0 Å². The second-order valence-corrected chi connectivity index (χ2v) is 4.05. The molecule has 1 aliphatic rings. The highest BCUT2D eigenvalue weighted by atomic mass is 19.1. The lowest BCUT2D eigenvalue weighted by molar-refractivity contribution is 0.398. The van der Waals surface area contributed by atoms with E-state index in [9.17, 15) is 8.78 Å². The van der Waals surface area contributed by atoms with Crippen molar-refractivity contribution in [2.45, 2.75) is 19.8 Å². The molecule has 96 valence electrons. The second-order valence-electron chi connectivity index (χ2n) is 4.05. The Labute approximate surface area is 104 Å². The topological polar surface area (TPSA) is 47.3 Å². The van der Waals surface area contributed by atoms with Crippen LogP contribution in [0, 0.1) is 12.7 Å². The Morgan fingerprint density at radius 1 is 1.33 bits per heavy atom. The van der Waals surface area contributed by atoms with Crippen molar-refractivity contribution in [3.05, 3.63) is 47.3 Å². The maximum atomic E-state index is 13.6. The Morgan fingerprint density at radius 3 is 2.72 bits per heavy atom.